The highest BCUT2D eigenvalue weighted by Crippen LogP contribution is 2.32. The van der Waals surface area contributed by atoms with Crippen LogP contribution >= 0.6 is 11.8 Å². The van der Waals surface area contributed by atoms with Gasteiger partial charge in [-0.25, -0.2) is 9.97 Å². The summed E-state index contributed by atoms with van der Waals surface area (Å²) in [5.74, 6) is 3.70. The predicted octanol–water partition coefficient (Wildman–Crippen LogP) is 2.39. The fourth-order valence-corrected chi connectivity index (χ4v) is 3.32. The molecule has 2 rings (SSSR count). The van der Waals surface area contributed by atoms with E-state index in [4.69, 9.17) is 4.74 Å². The maximum atomic E-state index is 5.15. The zero-order valence-electron chi connectivity index (χ0n) is 12.8. The molecule has 1 N–H and O–H groups in total. The van der Waals surface area contributed by atoms with E-state index in [1.807, 2.05) is 24.9 Å². The molecule has 0 spiro atoms. The average Bonchev–Trinajstić information content (AvgIpc) is 2.59. The molecule has 0 bridgehead atoms. The number of nitrogens with one attached hydrogen (secondary N) is 1. The summed E-state index contributed by atoms with van der Waals surface area (Å²) in [5.41, 5.74) is 0. The van der Waals surface area contributed by atoms with Gasteiger partial charge >= 0.3 is 0 Å². The van der Waals surface area contributed by atoms with E-state index >= 15 is 0 Å². The monoisotopic (exact) mass is 296 g/mol. The maximum Gasteiger partial charge on any atom is 0.158 e. The number of anilines is 2. The Morgan fingerprint density at radius 3 is 2.90 bits per heavy atom. The Morgan fingerprint density at radius 2 is 2.20 bits per heavy atom. The summed E-state index contributed by atoms with van der Waals surface area (Å²) in [6.07, 6.45) is 1.16. The van der Waals surface area contributed by atoms with Gasteiger partial charge in [-0.3, -0.25) is 0 Å². The van der Waals surface area contributed by atoms with Gasteiger partial charge in [-0.05, 0) is 6.42 Å². The Labute approximate surface area is 125 Å². The van der Waals surface area contributed by atoms with Crippen molar-refractivity contribution in [3.8, 4) is 0 Å². The summed E-state index contributed by atoms with van der Waals surface area (Å²) in [4.78, 5) is 11.4. The first-order valence-electron chi connectivity index (χ1n) is 6.97. The molecule has 1 aliphatic heterocycles. The van der Waals surface area contributed by atoms with Crippen LogP contribution in [0.1, 0.15) is 26.1 Å². The highest BCUT2D eigenvalue weighted by molar-refractivity contribution is 8.00. The SMILES string of the molecule is CNc1cc(N2CCSC(C)(C)CC2)nc(COC)n1. The van der Waals surface area contributed by atoms with Gasteiger partial charge in [-0.15, -0.1) is 0 Å². The maximum absolute atomic E-state index is 5.15. The van der Waals surface area contributed by atoms with E-state index in [2.05, 4.69) is 34.0 Å². The number of hydrogen-bond acceptors (Lipinski definition) is 6. The van der Waals surface area contributed by atoms with Crippen molar-refractivity contribution < 1.29 is 4.74 Å². The van der Waals surface area contributed by atoms with Crippen LogP contribution in [0.4, 0.5) is 11.6 Å². The number of rotatable bonds is 4. The van der Waals surface area contributed by atoms with Crippen molar-refractivity contribution in [2.45, 2.75) is 31.6 Å². The summed E-state index contributed by atoms with van der Waals surface area (Å²) in [6, 6.07) is 2.02. The number of nitrogens with zero attached hydrogens (tertiary/aromatic N) is 3. The third-order valence-corrected chi connectivity index (χ3v) is 4.82. The Hall–Kier alpha value is -1.01. The van der Waals surface area contributed by atoms with Crippen LogP contribution in [0.25, 0.3) is 0 Å². The molecule has 1 aromatic heterocycles. The van der Waals surface area contributed by atoms with E-state index < -0.39 is 0 Å². The number of thioether (sulfide) groups is 1. The average molecular weight is 296 g/mol. The van der Waals surface area contributed by atoms with E-state index in [9.17, 15) is 0 Å². The Morgan fingerprint density at radius 1 is 1.40 bits per heavy atom. The fourth-order valence-electron chi connectivity index (χ4n) is 2.22. The molecule has 0 aromatic carbocycles. The number of hydrogen-bond donors (Lipinski definition) is 1. The van der Waals surface area contributed by atoms with Crippen molar-refractivity contribution in [2.75, 3.05) is 43.2 Å². The van der Waals surface area contributed by atoms with Gasteiger partial charge in [0.2, 0.25) is 0 Å². The van der Waals surface area contributed by atoms with Gasteiger partial charge in [0, 0.05) is 43.8 Å². The van der Waals surface area contributed by atoms with Gasteiger partial charge in [0.25, 0.3) is 0 Å². The minimum atomic E-state index is 0.350. The quantitative estimate of drug-likeness (QED) is 0.920. The first kappa shape index (κ1) is 15.4. The highest BCUT2D eigenvalue weighted by atomic mass is 32.2. The lowest BCUT2D eigenvalue weighted by Crippen LogP contribution is -2.28. The van der Waals surface area contributed by atoms with E-state index in [0.717, 1.165) is 42.7 Å². The highest BCUT2D eigenvalue weighted by Gasteiger charge is 2.24. The van der Waals surface area contributed by atoms with Gasteiger partial charge in [0.1, 0.15) is 18.2 Å². The molecule has 112 valence electrons. The molecule has 20 heavy (non-hydrogen) atoms. The van der Waals surface area contributed by atoms with Gasteiger partial charge in [0.05, 0.1) is 0 Å². The number of methoxy groups -OCH3 is 1. The van der Waals surface area contributed by atoms with Gasteiger partial charge in [-0.2, -0.15) is 11.8 Å². The van der Waals surface area contributed by atoms with Crippen molar-refractivity contribution in [1.82, 2.24) is 9.97 Å². The summed E-state index contributed by atoms with van der Waals surface area (Å²) < 4.78 is 5.50. The molecule has 1 saturated heterocycles. The van der Waals surface area contributed by atoms with E-state index in [-0.39, 0.29) is 0 Å². The minimum Gasteiger partial charge on any atom is -0.377 e. The Kier molecular flexibility index (Phi) is 5.10. The van der Waals surface area contributed by atoms with Crippen molar-refractivity contribution in [3.05, 3.63) is 11.9 Å². The smallest absolute Gasteiger partial charge is 0.158 e. The largest absolute Gasteiger partial charge is 0.377 e. The molecule has 0 amide bonds. The van der Waals surface area contributed by atoms with E-state index in [1.165, 1.54) is 0 Å². The van der Waals surface area contributed by atoms with Crippen molar-refractivity contribution in [1.29, 1.82) is 0 Å². The standard InChI is InChI=1S/C14H24N4OS/c1-14(2)5-6-18(7-8-20-14)13-9-11(15-3)16-12(17-13)10-19-4/h9H,5-8,10H2,1-4H3,(H,15,16,17). The summed E-state index contributed by atoms with van der Waals surface area (Å²) >= 11 is 2.04. The lowest BCUT2D eigenvalue weighted by Gasteiger charge is -2.24. The second kappa shape index (κ2) is 6.63. The molecule has 0 radical (unpaired) electrons. The van der Waals surface area contributed by atoms with Crippen LogP contribution in [0, 0.1) is 0 Å². The van der Waals surface area contributed by atoms with Crippen LogP contribution in [0.15, 0.2) is 6.07 Å². The molecule has 0 atom stereocenters. The number of ether oxygens (including phenoxy) is 1. The normalized spacial score (nSPS) is 18.7. The molecular formula is C14H24N4OS. The molecule has 5 nitrogen and oxygen atoms in total. The molecule has 6 heteroatoms. The second-order valence-corrected chi connectivity index (χ2v) is 7.36. The van der Waals surface area contributed by atoms with Crippen LogP contribution < -0.4 is 10.2 Å². The van der Waals surface area contributed by atoms with Crippen molar-refractivity contribution >= 4 is 23.4 Å². The third-order valence-electron chi connectivity index (χ3n) is 3.45. The number of aromatic nitrogens is 2. The van der Waals surface area contributed by atoms with Crippen LogP contribution in [-0.2, 0) is 11.3 Å². The molecule has 1 aliphatic rings. The van der Waals surface area contributed by atoms with Crippen LogP contribution in [0.5, 0.6) is 0 Å². The summed E-state index contributed by atoms with van der Waals surface area (Å²) in [7, 11) is 3.55. The molecule has 2 heterocycles. The third kappa shape index (κ3) is 3.99. The van der Waals surface area contributed by atoms with Crippen LogP contribution in [0.3, 0.4) is 0 Å². The first-order valence-corrected chi connectivity index (χ1v) is 7.96. The van der Waals surface area contributed by atoms with Crippen LogP contribution in [-0.4, -0.2) is 47.7 Å². The summed E-state index contributed by atoms with van der Waals surface area (Å²) in [6.45, 7) is 7.14. The molecule has 0 aliphatic carbocycles. The van der Waals surface area contributed by atoms with Gasteiger partial charge in [-0.1, -0.05) is 13.8 Å². The summed E-state index contributed by atoms with van der Waals surface area (Å²) in [5, 5.41) is 3.10. The van der Waals surface area contributed by atoms with E-state index in [1.54, 1.807) is 7.11 Å². The first-order chi connectivity index (χ1) is 9.54. The second-order valence-electron chi connectivity index (χ2n) is 5.56. The zero-order chi connectivity index (χ0) is 14.6. The Balaban J connectivity index is 2.20. The van der Waals surface area contributed by atoms with Crippen molar-refractivity contribution in [2.24, 2.45) is 0 Å². The van der Waals surface area contributed by atoms with Crippen molar-refractivity contribution in [3.63, 3.8) is 0 Å². The molecule has 1 fully saturated rings. The molecule has 0 saturated carbocycles. The zero-order valence-corrected chi connectivity index (χ0v) is 13.6. The lowest BCUT2D eigenvalue weighted by atomic mass is 10.1. The molecule has 1 aromatic rings. The lowest BCUT2D eigenvalue weighted by molar-refractivity contribution is 0.178. The van der Waals surface area contributed by atoms with E-state index in [0.29, 0.717) is 11.4 Å². The van der Waals surface area contributed by atoms with Crippen LogP contribution in [0.2, 0.25) is 0 Å². The topological polar surface area (TPSA) is 50.3 Å². The van der Waals surface area contributed by atoms with Gasteiger partial charge < -0.3 is 15.0 Å². The minimum absolute atomic E-state index is 0.350. The van der Waals surface area contributed by atoms with Gasteiger partial charge in [0.15, 0.2) is 5.82 Å². The fraction of sp³-hybridized carbons (Fsp3) is 0.714. The molecule has 0 unspecified atom stereocenters. The predicted molar refractivity (Wildman–Crippen MR) is 85.7 cm³/mol. The molecular weight excluding hydrogens is 272 g/mol. The Bertz CT molecular complexity index is 453.